The molecular formula is C10H16O2. The molecule has 4 atom stereocenters. The maximum absolute atomic E-state index is 9.37. The first kappa shape index (κ1) is 8.11. The summed E-state index contributed by atoms with van der Waals surface area (Å²) in [6, 6.07) is 0. The third kappa shape index (κ3) is 0.977. The molecule has 0 amide bonds. The van der Waals surface area contributed by atoms with Gasteiger partial charge in [0, 0.05) is 12.5 Å². The lowest BCUT2D eigenvalue weighted by molar-refractivity contribution is 0.117. The minimum atomic E-state index is 0.189. The second-order valence-electron chi connectivity index (χ2n) is 4.20. The molecule has 0 unspecified atom stereocenters. The highest BCUT2D eigenvalue weighted by atomic mass is 16.3. The molecule has 0 aromatic rings. The van der Waals surface area contributed by atoms with Gasteiger partial charge >= 0.3 is 0 Å². The minimum absolute atomic E-state index is 0.189. The molecule has 2 fully saturated rings. The maximum Gasteiger partial charge on any atom is 0.0888 e. The van der Waals surface area contributed by atoms with Gasteiger partial charge in [-0.15, -0.1) is 0 Å². The Morgan fingerprint density at radius 2 is 2.00 bits per heavy atom. The van der Waals surface area contributed by atoms with Crippen LogP contribution in [0, 0.1) is 23.7 Å². The Balaban J connectivity index is 2.16. The fraction of sp³-hybridized carbons (Fsp3) is 0.800. The highest BCUT2D eigenvalue weighted by molar-refractivity contribution is 5.06. The Morgan fingerprint density at radius 1 is 1.33 bits per heavy atom. The summed E-state index contributed by atoms with van der Waals surface area (Å²) in [5, 5.41) is 18.5. The number of hydrogen-bond acceptors (Lipinski definition) is 2. The fourth-order valence-electron chi connectivity index (χ4n) is 3.19. The summed E-state index contributed by atoms with van der Waals surface area (Å²) in [6.07, 6.45) is 3.64. The molecule has 0 aromatic heterocycles. The molecule has 12 heavy (non-hydrogen) atoms. The van der Waals surface area contributed by atoms with Gasteiger partial charge in [-0.25, -0.2) is 0 Å². The van der Waals surface area contributed by atoms with Crippen LogP contribution in [0.3, 0.4) is 0 Å². The summed E-state index contributed by atoms with van der Waals surface area (Å²) in [5.74, 6) is 2.02. The van der Waals surface area contributed by atoms with Gasteiger partial charge in [-0.3, -0.25) is 0 Å². The van der Waals surface area contributed by atoms with Gasteiger partial charge in [-0.2, -0.15) is 0 Å². The van der Waals surface area contributed by atoms with Crippen LogP contribution in [0.15, 0.2) is 12.3 Å². The molecule has 0 radical (unpaired) electrons. The summed E-state index contributed by atoms with van der Waals surface area (Å²) in [7, 11) is 0. The number of rotatable bonds is 2. The average Bonchev–Trinajstić information content (AvgIpc) is 2.60. The van der Waals surface area contributed by atoms with Gasteiger partial charge < -0.3 is 10.2 Å². The third-order valence-electron chi connectivity index (χ3n) is 3.68. The molecule has 2 saturated carbocycles. The van der Waals surface area contributed by atoms with Crippen molar-refractivity contribution in [3.8, 4) is 0 Å². The van der Waals surface area contributed by atoms with Gasteiger partial charge in [-0.1, -0.05) is 6.58 Å². The van der Waals surface area contributed by atoms with Crippen molar-refractivity contribution in [1.29, 1.82) is 0 Å². The van der Waals surface area contributed by atoms with Crippen LogP contribution in [0.1, 0.15) is 19.3 Å². The highest BCUT2D eigenvalue weighted by Crippen LogP contribution is 2.53. The van der Waals surface area contributed by atoms with Gasteiger partial charge in [0.15, 0.2) is 0 Å². The van der Waals surface area contributed by atoms with Gasteiger partial charge in [0.2, 0.25) is 0 Å². The summed E-state index contributed by atoms with van der Waals surface area (Å²) in [6.45, 7) is 3.81. The van der Waals surface area contributed by atoms with E-state index in [4.69, 9.17) is 5.11 Å². The lowest BCUT2D eigenvalue weighted by Crippen LogP contribution is -2.26. The van der Waals surface area contributed by atoms with E-state index < -0.39 is 0 Å². The first-order chi connectivity index (χ1) is 5.74. The Bertz CT molecular complexity index is 200. The summed E-state index contributed by atoms with van der Waals surface area (Å²) in [5.41, 5.74) is 0. The van der Waals surface area contributed by atoms with E-state index in [9.17, 15) is 5.11 Å². The molecule has 2 rings (SSSR count). The molecule has 2 aliphatic rings. The van der Waals surface area contributed by atoms with Crippen molar-refractivity contribution in [2.24, 2.45) is 23.7 Å². The zero-order valence-corrected chi connectivity index (χ0v) is 7.24. The third-order valence-corrected chi connectivity index (χ3v) is 3.68. The summed E-state index contributed by atoms with van der Waals surface area (Å²) < 4.78 is 0. The SMILES string of the molecule is C=C(O)[C@@H]1[C@@H]2CC[C@@H](C2)[C@@H]1CO. The van der Waals surface area contributed by atoms with Crippen molar-refractivity contribution in [1.82, 2.24) is 0 Å². The van der Waals surface area contributed by atoms with Crippen molar-refractivity contribution in [3.63, 3.8) is 0 Å². The topological polar surface area (TPSA) is 40.5 Å². The van der Waals surface area contributed by atoms with Crippen LogP contribution in [-0.2, 0) is 0 Å². The number of allylic oxidation sites excluding steroid dienone is 1. The average molecular weight is 168 g/mol. The predicted molar refractivity (Wildman–Crippen MR) is 46.7 cm³/mol. The first-order valence-corrected chi connectivity index (χ1v) is 4.72. The van der Waals surface area contributed by atoms with E-state index in [1.54, 1.807) is 0 Å². The van der Waals surface area contributed by atoms with Crippen LogP contribution in [0.25, 0.3) is 0 Å². The van der Waals surface area contributed by atoms with Crippen molar-refractivity contribution in [3.05, 3.63) is 12.3 Å². The molecule has 0 saturated heterocycles. The van der Waals surface area contributed by atoms with E-state index >= 15 is 0 Å². The van der Waals surface area contributed by atoms with Crippen molar-refractivity contribution in [2.45, 2.75) is 19.3 Å². The molecule has 0 heterocycles. The van der Waals surface area contributed by atoms with E-state index in [-0.39, 0.29) is 12.5 Å². The van der Waals surface area contributed by atoms with Crippen LogP contribution < -0.4 is 0 Å². The molecule has 2 heteroatoms. The van der Waals surface area contributed by atoms with Crippen molar-refractivity contribution in [2.75, 3.05) is 6.61 Å². The Morgan fingerprint density at radius 3 is 2.50 bits per heavy atom. The molecule has 2 nitrogen and oxygen atoms in total. The van der Waals surface area contributed by atoms with Crippen LogP contribution in [0.5, 0.6) is 0 Å². The highest BCUT2D eigenvalue weighted by Gasteiger charge is 2.48. The normalized spacial score (nSPS) is 45.1. The molecule has 0 aromatic carbocycles. The second kappa shape index (κ2) is 2.77. The zero-order valence-electron chi connectivity index (χ0n) is 7.24. The number of hydrogen-bond donors (Lipinski definition) is 2. The molecule has 2 aliphatic carbocycles. The van der Waals surface area contributed by atoms with E-state index in [0.717, 1.165) is 0 Å². The van der Waals surface area contributed by atoms with Gasteiger partial charge in [0.1, 0.15) is 0 Å². The molecular weight excluding hydrogens is 152 g/mol. The predicted octanol–water partition coefficient (Wildman–Crippen LogP) is 1.71. The lowest BCUT2D eigenvalue weighted by Gasteiger charge is -2.28. The summed E-state index contributed by atoms with van der Waals surface area (Å²) >= 11 is 0. The van der Waals surface area contributed by atoms with Crippen LogP contribution in [0.4, 0.5) is 0 Å². The number of fused-ring (bicyclic) bond motifs is 2. The van der Waals surface area contributed by atoms with Gasteiger partial charge in [0.25, 0.3) is 0 Å². The Labute approximate surface area is 72.9 Å². The Hall–Kier alpha value is -0.500. The molecule has 68 valence electrons. The minimum Gasteiger partial charge on any atom is -0.513 e. The fourth-order valence-corrected chi connectivity index (χ4v) is 3.19. The Kier molecular flexibility index (Phi) is 1.87. The van der Waals surface area contributed by atoms with Gasteiger partial charge in [0.05, 0.1) is 5.76 Å². The van der Waals surface area contributed by atoms with Crippen molar-refractivity contribution >= 4 is 0 Å². The first-order valence-electron chi connectivity index (χ1n) is 4.72. The summed E-state index contributed by atoms with van der Waals surface area (Å²) in [4.78, 5) is 0. The standard InChI is InChI=1S/C10H16O2/c1-6(12)10-8-3-2-7(4-8)9(10)5-11/h7-12H,1-5H2/t7-,8+,9-,10+/m0/s1. The molecule has 2 bridgehead atoms. The second-order valence-corrected chi connectivity index (χ2v) is 4.20. The van der Waals surface area contributed by atoms with Crippen LogP contribution >= 0.6 is 0 Å². The lowest BCUT2D eigenvalue weighted by atomic mass is 9.79. The smallest absolute Gasteiger partial charge is 0.0888 e. The van der Waals surface area contributed by atoms with E-state index in [2.05, 4.69) is 6.58 Å². The van der Waals surface area contributed by atoms with Crippen LogP contribution in [-0.4, -0.2) is 16.8 Å². The molecule has 2 N–H and O–H groups in total. The van der Waals surface area contributed by atoms with E-state index in [1.807, 2.05) is 0 Å². The monoisotopic (exact) mass is 168 g/mol. The van der Waals surface area contributed by atoms with Crippen molar-refractivity contribution < 1.29 is 10.2 Å². The molecule has 0 aliphatic heterocycles. The molecule has 0 spiro atoms. The zero-order chi connectivity index (χ0) is 8.72. The van der Waals surface area contributed by atoms with Gasteiger partial charge in [-0.05, 0) is 37.0 Å². The largest absolute Gasteiger partial charge is 0.513 e. The quantitative estimate of drug-likeness (QED) is 0.616. The number of aliphatic hydroxyl groups is 2. The van der Waals surface area contributed by atoms with E-state index in [0.29, 0.717) is 23.5 Å². The maximum atomic E-state index is 9.37. The van der Waals surface area contributed by atoms with Crippen LogP contribution in [0.2, 0.25) is 0 Å². The van der Waals surface area contributed by atoms with E-state index in [1.165, 1.54) is 19.3 Å². The number of aliphatic hydroxyl groups excluding tert-OH is 2.